The van der Waals surface area contributed by atoms with Gasteiger partial charge in [-0.1, -0.05) is 29.8 Å². The fraction of sp³-hybridized carbons (Fsp3) is 0.538. The van der Waals surface area contributed by atoms with Gasteiger partial charge in [0.15, 0.2) is 0 Å². The van der Waals surface area contributed by atoms with E-state index in [0.29, 0.717) is 30.2 Å². The summed E-state index contributed by atoms with van der Waals surface area (Å²) in [5.41, 5.74) is -0.526. The van der Waals surface area contributed by atoms with Gasteiger partial charge in [-0.2, -0.15) is 0 Å². The fourth-order valence-corrected chi connectivity index (χ4v) is 2.71. The maximum Gasteiger partial charge on any atom is 0.129 e. The van der Waals surface area contributed by atoms with E-state index in [-0.39, 0.29) is 5.82 Å². The van der Waals surface area contributed by atoms with Gasteiger partial charge in [0.05, 0.1) is 5.60 Å². The summed E-state index contributed by atoms with van der Waals surface area (Å²) in [5, 5.41) is 10.3. The summed E-state index contributed by atoms with van der Waals surface area (Å²) in [6.07, 6.45) is 1.33. The minimum Gasteiger partial charge on any atom is -0.385 e. The van der Waals surface area contributed by atoms with Gasteiger partial charge in [0.1, 0.15) is 5.82 Å². The fourth-order valence-electron chi connectivity index (χ4n) is 2.35. The maximum absolute atomic E-state index is 13.6. The van der Waals surface area contributed by atoms with Crippen molar-refractivity contribution in [2.24, 2.45) is 11.8 Å². The molecule has 1 fully saturated rings. The predicted molar refractivity (Wildman–Crippen MR) is 65.6 cm³/mol. The number of hydrogen-bond acceptors (Lipinski definition) is 1. The molecule has 1 aliphatic rings. The summed E-state index contributed by atoms with van der Waals surface area (Å²) in [6, 6.07) is 4.74. The number of rotatable bonds is 2. The normalized spacial score (nSPS) is 29.2. The van der Waals surface area contributed by atoms with Crippen LogP contribution in [0, 0.1) is 17.7 Å². The maximum atomic E-state index is 13.6. The molecule has 1 saturated carbocycles. The lowest BCUT2D eigenvalue weighted by Gasteiger charge is -2.46. The second-order valence-electron chi connectivity index (χ2n) is 5.07. The zero-order valence-corrected chi connectivity index (χ0v) is 11.1. The molecule has 1 aromatic rings. The molecular weight excluding hydrogens is 271 g/mol. The van der Waals surface area contributed by atoms with Crippen LogP contribution in [0.3, 0.4) is 0 Å². The minimum atomic E-state index is -0.956. The van der Waals surface area contributed by atoms with Crippen LogP contribution >= 0.6 is 15.9 Å². The van der Waals surface area contributed by atoms with Crippen molar-refractivity contribution in [2.75, 3.05) is 0 Å². The first-order valence-electron chi connectivity index (χ1n) is 5.60. The van der Waals surface area contributed by atoms with E-state index in [4.69, 9.17) is 0 Å². The highest BCUT2D eigenvalue weighted by atomic mass is 79.9. The van der Waals surface area contributed by atoms with Gasteiger partial charge in [0.25, 0.3) is 0 Å². The highest BCUT2D eigenvalue weighted by Gasteiger charge is 2.46. The molecule has 2 rings (SSSR count). The lowest BCUT2D eigenvalue weighted by molar-refractivity contribution is -0.0956. The van der Waals surface area contributed by atoms with Gasteiger partial charge in [-0.15, -0.1) is 0 Å². The predicted octanol–water partition coefficient (Wildman–Crippen LogP) is 3.84. The van der Waals surface area contributed by atoms with E-state index in [1.165, 1.54) is 6.07 Å². The molecule has 0 aliphatic heterocycles. The molecule has 0 radical (unpaired) electrons. The Hall–Kier alpha value is -0.410. The first-order chi connectivity index (χ1) is 7.42. The second kappa shape index (κ2) is 4.11. The van der Waals surface area contributed by atoms with Crippen molar-refractivity contribution in [3.05, 3.63) is 34.1 Å². The molecule has 0 heterocycles. The van der Waals surface area contributed by atoms with Crippen LogP contribution in [0.25, 0.3) is 0 Å². The monoisotopic (exact) mass is 286 g/mol. The van der Waals surface area contributed by atoms with Gasteiger partial charge in [0.2, 0.25) is 0 Å². The molecule has 1 nitrogen and oxygen atoms in total. The Morgan fingerprint density at radius 2 is 2.06 bits per heavy atom. The summed E-state index contributed by atoms with van der Waals surface area (Å²) >= 11 is 3.31. The van der Waals surface area contributed by atoms with Crippen LogP contribution in [-0.2, 0) is 5.60 Å². The third kappa shape index (κ3) is 2.03. The second-order valence-corrected chi connectivity index (χ2v) is 5.98. The molecule has 3 heteroatoms. The van der Waals surface area contributed by atoms with Crippen LogP contribution in [-0.4, -0.2) is 5.11 Å². The average Bonchev–Trinajstić information content (AvgIpc) is 2.16. The van der Waals surface area contributed by atoms with Crippen molar-refractivity contribution in [2.45, 2.75) is 32.3 Å². The molecule has 1 aromatic carbocycles. The average molecular weight is 287 g/mol. The highest BCUT2D eigenvalue weighted by molar-refractivity contribution is 9.10. The quantitative estimate of drug-likeness (QED) is 0.876. The molecule has 16 heavy (non-hydrogen) atoms. The minimum absolute atomic E-state index is 0.312. The number of aliphatic hydroxyl groups is 1. The van der Waals surface area contributed by atoms with Crippen LogP contribution in [0.15, 0.2) is 22.7 Å². The van der Waals surface area contributed by atoms with Gasteiger partial charge in [-0.3, -0.25) is 0 Å². The molecule has 0 atom stereocenters. The van der Waals surface area contributed by atoms with Crippen molar-refractivity contribution in [1.29, 1.82) is 0 Å². The molecule has 1 aliphatic carbocycles. The molecule has 0 amide bonds. The van der Waals surface area contributed by atoms with Crippen molar-refractivity contribution in [3.63, 3.8) is 0 Å². The van der Waals surface area contributed by atoms with Crippen LogP contribution in [0.2, 0.25) is 0 Å². The van der Waals surface area contributed by atoms with Gasteiger partial charge >= 0.3 is 0 Å². The van der Waals surface area contributed by atoms with Gasteiger partial charge in [0, 0.05) is 10.0 Å². The molecular formula is C13H16BrFO. The van der Waals surface area contributed by atoms with Crippen LogP contribution in [0.1, 0.15) is 32.3 Å². The SMILES string of the molecule is CC(C)C1CC(O)(c2cc(Br)ccc2F)C1. The zero-order chi connectivity index (χ0) is 11.9. The van der Waals surface area contributed by atoms with Crippen molar-refractivity contribution < 1.29 is 9.50 Å². The molecule has 0 aromatic heterocycles. The third-order valence-electron chi connectivity index (χ3n) is 3.57. The Balaban J connectivity index is 2.23. The first kappa shape index (κ1) is 12.1. The Kier molecular flexibility index (Phi) is 3.10. The molecule has 0 unspecified atom stereocenters. The largest absolute Gasteiger partial charge is 0.385 e. The topological polar surface area (TPSA) is 20.2 Å². The molecule has 0 bridgehead atoms. The van der Waals surface area contributed by atoms with E-state index in [2.05, 4.69) is 29.8 Å². The van der Waals surface area contributed by atoms with Crippen LogP contribution < -0.4 is 0 Å². The Bertz CT molecular complexity index is 397. The van der Waals surface area contributed by atoms with Crippen molar-refractivity contribution >= 4 is 15.9 Å². The lowest BCUT2D eigenvalue weighted by Crippen LogP contribution is -2.43. The van der Waals surface area contributed by atoms with E-state index < -0.39 is 5.60 Å². The van der Waals surface area contributed by atoms with Crippen LogP contribution in [0.5, 0.6) is 0 Å². The Morgan fingerprint density at radius 3 is 2.62 bits per heavy atom. The summed E-state index contributed by atoms with van der Waals surface area (Å²) in [4.78, 5) is 0. The summed E-state index contributed by atoms with van der Waals surface area (Å²) in [6.45, 7) is 4.28. The third-order valence-corrected chi connectivity index (χ3v) is 4.07. The highest BCUT2D eigenvalue weighted by Crippen LogP contribution is 2.49. The van der Waals surface area contributed by atoms with E-state index >= 15 is 0 Å². The van der Waals surface area contributed by atoms with Crippen molar-refractivity contribution in [3.8, 4) is 0 Å². The molecule has 0 saturated heterocycles. The smallest absolute Gasteiger partial charge is 0.129 e. The number of halogens is 2. The summed E-state index contributed by atoms with van der Waals surface area (Å²) < 4.78 is 14.4. The van der Waals surface area contributed by atoms with E-state index in [1.807, 2.05) is 0 Å². The van der Waals surface area contributed by atoms with E-state index in [0.717, 1.165) is 4.47 Å². The number of benzene rings is 1. The molecule has 0 spiro atoms. The zero-order valence-electron chi connectivity index (χ0n) is 9.50. The van der Waals surface area contributed by atoms with E-state index in [9.17, 15) is 9.50 Å². The lowest BCUT2D eigenvalue weighted by atomic mass is 9.63. The Labute approximate surface area is 104 Å². The Morgan fingerprint density at radius 1 is 1.44 bits per heavy atom. The molecule has 88 valence electrons. The van der Waals surface area contributed by atoms with E-state index in [1.54, 1.807) is 12.1 Å². The van der Waals surface area contributed by atoms with Crippen molar-refractivity contribution in [1.82, 2.24) is 0 Å². The summed E-state index contributed by atoms with van der Waals surface area (Å²) in [5.74, 6) is 0.742. The van der Waals surface area contributed by atoms with Gasteiger partial charge < -0.3 is 5.11 Å². The standard InChI is InChI=1S/C13H16BrFO/c1-8(2)9-6-13(16,7-9)11-5-10(14)3-4-12(11)15/h3-5,8-9,16H,6-7H2,1-2H3. The number of hydrogen-bond donors (Lipinski definition) is 1. The molecule has 1 N–H and O–H groups in total. The van der Waals surface area contributed by atoms with Gasteiger partial charge in [-0.05, 0) is 42.9 Å². The summed E-state index contributed by atoms with van der Waals surface area (Å²) in [7, 11) is 0. The first-order valence-corrected chi connectivity index (χ1v) is 6.39. The van der Waals surface area contributed by atoms with Crippen LogP contribution in [0.4, 0.5) is 4.39 Å². The van der Waals surface area contributed by atoms with Gasteiger partial charge in [-0.25, -0.2) is 4.39 Å².